The summed E-state index contributed by atoms with van der Waals surface area (Å²) in [5, 5.41) is 0. The molecule has 0 unspecified atom stereocenters. The molecule has 0 aromatic heterocycles. The third-order valence-corrected chi connectivity index (χ3v) is 2.91. The van der Waals surface area contributed by atoms with Crippen molar-refractivity contribution in [1.29, 1.82) is 0 Å². The van der Waals surface area contributed by atoms with Crippen LogP contribution in [0.2, 0.25) is 0 Å². The summed E-state index contributed by atoms with van der Waals surface area (Å²) in [6.07, 6.45) is -3.78. The van der Waals surface area contributed by atoms with Gasteiger partial charge >= 0.3 is 6.18 Å². The molecule has 0 spiro atoms. The molecule has 18 heavy (non-hydrogen) atoms. The first-order chi connectivity index (χ1) is 8.31. The first-order valence-corrected chi connectivity index (χ1v) is 5.72. The highest BCUT2D eigenvalue weighted by molar-refractivity contribution is 5.99. The second-order valence-corrected chi connectivity index (χ2v) is 4.07. The fourth-order valence-electron chi connectivity index (χ4n) is 1.85. The molecule has 1 nitrogen and oxygen atoms in total. The lowest BCUT2D eigenvalue weighted by atomic mass is 9.90. The summed E-state index contributed by atoms with van der Waals surface area (Å²) in [6.45, 7) is 3.44. The maximum absolute atomic E-state index is 13.0. The van der Waals surface area contributed by atoms with Gasteiger partial charge in [-0.3, -0.25) is 4.79 Å². The average Bonchev–Trinajstić information content (AvgIpc) is 2.28. The third-order valence-electron chi connectivity index (χ3n) is 2.91. The fourth-order valence-corrected chi connectivity index (χ4v) is 1.85. The summed E-state index contributed by atoms with van der Waals surface area (Å²) >= 11 is 0. The summed E-state index contributed by atoms with van der Waals surface area (Å²) in [5.74, 6) is -1.99. The molecule has 5 heteroatoms. The van der Waals surface area contributed by atoms with Crippen LogP contribution < -0.4 is 0 Å². The maximum Gasteiger partial charge on any atom is 0.417 e. The Morgan fingerprint density at radius 2 is 1.78 bits per heavy atom. The van der Waals surface area contributed by atoms with E-state index in [-0.39, 0.29) is 0 Å². The Kier molecular flexibility index (Phi) is 4.48. The highest BCUT2D eigenvalue weighted by Gasteiger charge is 2.36. The number of alkyl halides is 3. The number of carbonyl (C=O) groups excluding carboxylic acids is 1. The molecular weight excluding hydrogens is 248 g/mol. The lowest BCUT2D eigenvalue weighted by Gasteiger charge is -2.16. The van der Waals surface area contributed by atoms with Crippen LogP contribution in [-0.4, -0.2) is 5.78 Å². The van der Waals surface area contributed by atoms with Crippen LogP contribution in [0.4, 0.5) is 17.6 Å². The number of rotatable bonds is 4. The van der Waals surface area contributed by atoms with Gasteiger partial charge in [0.05, 0.1) is 5.56 Å². The second kappa shape index (κ2) is 5.50. The van der Waals surface area contributed by atoms with Gasteiger partial charge < -0.3 is 0 Å². The number of halogens is 4. The highest BCUT2D eigenvalue weighted by atomic mass is 19.4. The van der Waals surface area contributed by atoms with E-state index in [2.05, 4.69) is 0 Å². The summed E-state index contributed by atoms with van der Waals surface area (Å²) in [6, 6.07) is 2.00. The molecule has 1 aromatic carbocycles. The SMILES string of the molecule is CCC(CC)C(=O)c1cc(F)ccc1C(F)(F)F. The molecule has 1 aromatic rings. The first kappa shape index (κ1) is 14.7. The van der Waals surface area contributed by atoms with E-state index in [1.165, 1.54) is 0 Å². The van der Waals surface area contributed by atoms with E-state index in [4.69, 9.17) is 0 Å². The van der Waals surface area contributed by atoms with Crippen molar-refractivity contribution in [2.75, 3.05) is 0 Å². The van der Waals surface area contributed by atoms with Gasteiger partial charge in [-0.2, -0.15) is 13.2 Å². The maximum atomic E-state index is 13.0. The molecule has 0 aliphatic rings. The van der Waals surface area contributed by atoms with Gasteiger partial charge in [0, 0.05) is 11.5 Å². The minimum Gasteiger partial charge on any atom is -0.294 e. The molecule has 0 saturated carbocycles. The van der Waals surface area contributed by atoms with Crippen LogP contribution in [0.15, 0.2) is 18.2 Å². The number of benzene rings is 1. The molecule has 100 valence electrons. The van der Waals surface area contributed by atoms with Crippen LogP contribution in [0.5, 0.6) is 0 Å². The predicted octanol–water partition coefficient (Wildman–Crippen LogP) is 4.46. The molecule has 0 aliphatic heterocycles. The van der Waals surface area contributed by atoms with Crippen molar-refractivity contribution in [2.24, 2.45) is 5.92 Å². The Balaban J connectivity index is 3.29. The molecule has 0 atom stereocenters. The van der Waals surface area contributed by atoms with Gasteiger partial charge in [-0.05, 0) is 31.0 Å². The van der Waals surface area contributed by atoms with Crippen molar-refractivity contribution in [1.82, 2.24) is 0 Å². The van der Waals surface area contributed by atoms with E-state index in [0.717, 1.165) is 0 Å². The number of carbonyl (C=O) groups is 1. The van der Waals surface area contributed by atoms with Crippen molar-refractivity contribution in [3.63, 3.8) is 0 Å². The van der Waals surface area contributed by atoms with Crippen molar-refractivity contribution in [3.8, 4) is 0 Å². The Hall–Kier alpha value is -1.39. The fraction of sp³-hybridized carbons (Fsp3) is 0.462. The van der Waals surface area contributed by atoms with Gasteiger partial charge in [0.2, 0.25) is 0 Å². The van der Waals surface area contributed by atoms with Crippen LogP contribution in [-0.2, 0) is 6.18 Å². The second-order valence-electron chi connectivity index (χ2n) is 4.07. The molecular formula is C13H14F4O. The molecule has 0 aliphatic carbocycles. The lowest BCUT2D eigenvalue weighted by molar-refractivity contribution is -0.138. The Labute approximate surface area is 103 Å². The zero-order valence-corrected chi connectivity index (χ0v) is 10.1. The zero-order chi connectivity index (χ0) is 13.9. The van der Waals surface area contributed by atoms with Crippen molar-refractivity contribution >= 4 is 5.78 Å². The highest BCUT2D eigenvalue weighted by Crippen LogP contribution is 2.34. The molecule has 0 heterocycles. The average molecular weight is 262 g/mol. The Morgan fingerprint density at radius 1 is 1.22 bits per heavy atom. The largest absolute Gasteiger partial charge is 0.417 e. The van der Waals surface area contributed by atoms with Crippen LogP contribution in [0.3, 0.4) is 0 Å². The molecule has 0 fully saturated rings. The van der Waals surface area contributed by atoms with Crippen molar-refractivity contribution in [3.05, 3.63) is 35.1 Å². The summed E-state index contributed by atoms with van der Waals surface area (Å²) in [7, 11) is 0. The van der Waals surface area contributed by atoms with Gasteiger partial charge in [-0.15, -0.1) is 0 Å². The molecule has 1 rings (SSSR count). The van der Waals surface area contributed by atoms with Crippen LogP contribution in [0.1, 0.15) is 42.6 Å². The van der Waals surface area contributed by atoms with Gasteiger partial charge in [0.15, 0.2) is 5.78 Å². The number of hydrogen-bond donors (Lipinski definition) is 0. The third kappa shape index (κ3) is 3.09. The standard InChI is InChI=1S/C13H14F4O/c1-3-8(4-2)12(18)10-7-9(14)5-6-11(10)13(15,16)17/h5-8H,3-4H2,1-2H3. The Bertz CT molecular complexity index is 433. The molecule has 0 bridgehead atoms. The van der Waals surface area contributed by atoms with Gasteiger partial charge in [0.25, 0.3) is 0 Å². The zero-order valence-electron chi connectivity index (χ0n) is 10.1. The van der Waals surface area contributed by atoms with Crippen molar-refractivity contribution in [2.45, 2.75) is 32.9 Å². The quantitative estimate of drug-likeness (QED) is 0.578. The smallest absolute Gasteiger partial charge is 0.294 e. The van der Waals surface area contributed by atoms with Crippen molar-refractivity contribution < 1.29 is 22.4 Å². The van der Waals surface area contributed by atoms with Gasteiger partial charge in [0.1, 0.15) is 5.82 Å². The van der Waals surface area contributed by atoms with E-state index < -0.39 is 34.8 Å². The van der Waals surface area contributed by atoms with Crippen LogP contribution >= 0.6 is 0 Å². The molecule has 0 amide bonds. The van der Waals surface area contributed by atoms with Gasteiger partial charge in [-0.25, -0.2) is 4.39 Å². The van der Waals surface area contributed by atoms with E-state index in [1.54, 1.807) is 13.8 Å². The molecule has 0 radical (unpaired) electrons. The lowest BCUT2D eigenvalue weighted by Crippen LogP contribution is -2.19. The van der Waals surface area contributed by atoms with E-state index in [9.17, 15) is 22.4 Å². The molecule has 0 saturated heterocycles. The van der Waals surface area contributed by atoms with Crippen LogP contribution in [0, 0.1) is 11.7 Å². The van der Waals surface area contributed by atoms with Crippen LogP contribution in [0.25, 0.3) is 0 Å². The molecule has 0 N–H and O–H groups in total. The van der Waals surface area contributed by atoms with E-state index >= 15 is 0 Å². The van der Waals surface area contributed by atoms with E-state index in [1.807, 2.05) is 0 Å². The summed E-state index contributed by atoms with van der Waals surface area (Å²) < 4.78 is 51.3. The predicted molar refractivity (Wildman–Crippen MR) is 59.8 cm³/mol. The minimum atomic E-state index is -4.65. The monoisotopic (exact) mass is 262 g/mol. The normalized spacial score (nSPS) is 11.9. The number of hydrogen-bond acceptors (Lipinski definition) is 1. The van der Waals surface area contributed by atoms with E-state index in [0.29, 0.717) is 31.0 Å². The minimum absolute atomic E-state index is 0.434. The summed E-state index contributed by atoms with van der Waals surface area (Å²) in [4.78, 5) is 12.0. The number of Topliss-reactive ketones (excluding diaryl/α,β-unsaturated/α-hetero) is 1. The number of ketones is 1. The van der Waals surface area contributed by atoms with Gasteiger partial charge in [-0.1, -0.05) is 13.8 Å². The summed E-state index contributed by atoms with van der Waals surface area (Å²) in [5.41, 5.74) is -1.64. The first-order valence-electron chi connectivity index (χ1n) is 5.72. The Morgan fingerprint density at radius 3 is 2.22 bits per heavy atom. The topological polar surface area (TPSA) is 17.1 Å².